The molecule has 1 saturated carbocycles. The van der Waals surface area contributed by atoms with E-state index in [1.807, 2.05) is 0 Å². The van der Waals surface area contributed by atoms with Crippen molar-refractivity contribution in [2.45, 2.75) is 50.7 Å². The van der Waals surface area contributed by atoms with Gasteiger partial charge in [0.25, 0.3) is 5.91 Å². The molecule has 1 amide bonds. The average molecular weight is 487 g/mol. The first-order chi connectivity index (χ1) is 17.0. The van der Waals surface area contributed by atoms with E-state index in [-0.39, 0.29) is 17.4 Å². The molecule has 35 heavy (non-hydrogen) atoms. The van der Waals surface area contributed by atoms with Crippen LogP contribution in [0.15, 0.2) is 30.6 Å². The molecule has 7 nitrogen and oxygen atoms in total. The molecule has 3 aromatic rings. The van der Waals surface area contributed by atoms with Crippen LogP contribution in [-0.4, -0.2) is 52.1 Å². The molecule has 3 N–H and O–H groups in total. The second-order valence-corrected chi connectivity index (χ2v) is 9.41. The first kappa shape index (κ1) is 23.6. The maximum Gasteiger partial charge on any atom is 0.251 e. The average Bonchev–Trinajstić information content (AvgIpc) is 3.29. The molecular weight excluding hydrogens is 457 g/mol. The van der Waals surface area contributed by atoms with Crippen LogP contribution in [0.1, 0.15) is 48.9 Å². The van der Waals surface area contributed by atoms with Gasteiger partial charge in [0.1, 0.15) is 17.5 Å². The number of piperidine rings is 1. The van der Waals surface area contributed by atoms with Gasteiger partial charge in [0.05, 0.1) is 17.9 Å². The van der Waals surface area contributed by atoms with Gasteiger partial charge in [0.2, 0.25) is 0 Å². The first-order valence-corrected chi connectivity index (χ1v) is 12.2. The number of halogens is 3. The summed E-state index contributed by atoms with van der Waals surface area (Å²) >= 11 is 0. The molecule has 2 unspecified atom stereocenters. The molecule has 2 aliphatic rings. The summed E-state index contributed by atoms with van der Waals surface area (Å²) < 4.78 is 45.0. The van der Waals surface area contributed by atoms with Crippen LogP contribution in [0.3, 0.4) is 0 Å². The van der Waals surface area contributed by atoms with Crippen LogP contribution in [0.5, 0.6) is 0 Å². The van der Waals surface area contributed by atoms with Crippen LogP contribution in [0.4, 0.5) is 19.0 Å². The molecule has 0 bridgehead atoms. The highest BCUT2D eigenvalue weighted by Gasteiger charge is 2.27. The Hall–Kier alpha value is -3.14. The van der Waals surface area contributed by atoms with E-state index < -0.39 is 23.8 Å². The monoisotopic (exact) mass is 486 g/mol. The molecule has 10 heteroatoms. The predicted octanol–water partition coefficient (Wildman–Crippen LogP) is 4.10. The summed E-state index contributed by atoms with van der Waals surface area (Å²) in [4.78, 5) is 21.1. The molecule has 3 aromatic heterocycles. The van der Waals surface area contributed by atoms with Crippen LogP contribution in [0.2, 0.25) is 0 Å². The Morgan fingerprint density at radius 1 is 1.14 bits per heavy atom. The van der Waals surface area contributed by atoms with Gasteiger partial charge in [-0.15, -0.1) is 0 Å². The normalized spacial score (nSPS) is 21.2. The Bertz CT molecular complexity index is 1210. The number of carbonyl (C=O) groups is 1. The zero-order valence-electron chi connectivity index (χ0n) is 19.4. The van der Waals surface area contributed by atoms with Crippen molar-refractivity contribution in [2.24, 2.45) is 5.92 Å². The van der Waals surface area contributed by atoms with Crippen molar-refractivity contribution in [1.82, 2.24) is 25.0 Å². The third-order valence-electron chi connectivity index (χ3n) is 6.94. The van der Waals surface area contributed by atoms with Gasteiger partial charge >= 0.3 is 0 Å². The topological polar surface area (TPSA) is 83.4 Å². The van der Waals surface area contributed by atoms with E-state index in [0.29, 0.717) is 48.9 Å². The molecule has 5 rings (SSSR count). The summed E-state index contributed by atoms with van der Waals surface area (Å²) in [6, 6.07) is 3.33. The summed E-state index contributed by atoms with van der Waals surface area (Å²) in [5.74, 6) is -1.63. The maximum absolute atomic E-state index is 14.7. The van der Waals surface area contributed by atoms with Crippen molar-refractivity contribution >= 4 is 17.4 Å². The molecular formula is C25H29F3N6O. The number of rotatable bonds is 6. The molecule has 0 aromatic carbocycles. The number of hydrogen-bond acceptors (Lipinski definition) is 5. The quantitative estimate of drug-likeness (QED) is 0.489. The summed E-state index contributed by atoms with van der Waals surface area (Å²) in [5.41, 5.74) is 1.08. The van der Waals surface area contributed by atoms with E-state index in [4.69, 9.17) is 0 Å². The van der Waals surface area contributed by atoms with Gasteiger partial charge in [-0.3, -0.25) is 9.20 Å². The van der Waals surface area contributed by atoms with Gasteiger partial charge in [-0.2, -0.15) is 0 Å². The Morgan fingerprint density at radius 2 is 1.97 bits per heavy atom. The van der Waals surface area contributed by atoms with Crippen molar-refractivity contribution in [3.05, 3.63) is 47.8 Å². The second-order valence-electron chi connectivity index (χ2n) is 9.41. The molecule has 4 heterocycles. The number of alkyl halides is 1. The Morgan fingerprint density at radius 3 is 2.77 bits per heavy atom. The lowest BCUT2D eigenvalue weighted by Gasteiger charge is -2.28. The van der Waals surface area contributed by atoms with E-state index in [1.165, 1.54) is 25.5 Å². The van der Waals surface area contributed by atoms with Gasteiger partial charge in [0.15, 0.2) is 17.5 Å². The third-order valence-corrected chi connectivity index (χ3v) is 6.94. The number of fused-ring (bicyclic) bond motifs is 1. The lowest BCUT2D eigenvalue weighted by molar-refractivity contribution is 0.0943. The number of pyridine rings is 2. The third kappa shape index (κ3) is 5.12. The molecule has 1 saturated heterocycles. The molecule has 1 aliphatic carbocycles. The van der Waals surface area contributed by atoms with Crippen molar-refractivity contribution in [3.63, 3.8) is 0 Å². The number of carbonyl (C=O) groups excluding carboxylic acids is 1. The zero-order valence-corrected chi connectivity index (χ0v) is 19.4. The fourth-order valence-corrected chi connectivity index (χ4v) is 4.92. The fraction of sp³-hybridized carbons (Fsp3) is 0.480. The molecule has 2 atom stereocenters. The second kappa shape index (κ2) is 10.2. The molecule has 1 aliphatic heterocycles. The minimum atomic E-state index is -1.16. The zero-order chi connectivity index (χ0) is 24.4. The van der Waals surface area contributed by atoms with Crippen LogP contribution < -0.4 is 16.0 Å². The Kier molecular flexibility index (Phi) is 6.90. The van der Waals surface area contributed by atoms with Crippen molar-refractivity contribution in [2.75, 3.05) is 25.0 Å². The number of anilines is 1. The minimum Gasteiger partial charge on any atom is -0.361 e. The number of aromatic nitrogens is 3. The SMILES string of the molecule is O=C(NCC1CCCCC1)c1ccn2c(-c3nc(NC4CNCCC4F)c(F)cc3F)cnc2c1. The molecule has 2 fully saturated rings. The van der Waals surface area contributed by atoms with Crippen molar-refractivity contribution in [3.8, 4) is 11.4 Å². The smallest absolute Gasteiger partial charge is 0.251 e. The van der Waals surface area contributed by atoms with E-state index in [9.17, 15) is 18.0 Å². The number of hydrogen-bond donors (Lipinski definition) is 3. The number of imidazole rings is 1. The maximum atomic E-state index is 14.7. The van der Waals surface area contributed by atoms with Crippen molar-refractivity contribution in [1.29, 1.82) is 0 Å². The Balaban J connectivity index is 1.36. The lowest BCUT2D eigenvalue weighted by Crippen LogP contribution is -2.46. The molecule has 0 radical (unpaired) electrons. The van der Waals surface area contributed by atoms with E-state index in [1.54, 1.807) is 22.7 Å². The highest BCUT2D eigenvalue weighted by molar-refractivity contribution is 5.95. The lowest BCUT2D eigenvalue weighted by atomic mass is 9.89. The summed E-state index contributed by atoms with van der Waals surface area (Å²) in [6.07, 6.45) is 8.14. The number of nitrogens with one attached hydrogen (secondary N) is 3. The van der Waals surface area contributed by atoms with Crippen molar-refractivity contribution < 1.29 is 18.0 Å². The van der Waals surface area contributed by atoms with Crippen LogP contribution in [0.25, 0.3) is 17.0 Å². The highest BCUT2D eigenvalue weighted by Crippen LogP contribution is 2.27. The summed E-state index contributed by atoms with van der Waals surface area (Å²) in [6.45, 7) is 1.52. The van der Waals surface area contributed by atoms with Crippen LogP contribution in [0, 0.1) is 17.6 Å². The van der Waals surface area contributed by atoms with E-state index >= 15 is 0 Å². The number of nitrogens with zero attached hydrogens (tertiary/aromatic N) is 3. The summed E-state index contributed by atoms with van der Waals surface area (Å²) in [7, 11) is 0. The highest BCUT2D eigenvalue weighted by atomic mass is 19.1. The Labute approximate surface area is 201 Å². The molecule has 0 spiro atoms. The standard InChI is InChI=1S/C25H29F3N6O/c26-17-6-8-29-13-20(17)32-24-19(28)11-18(27)23(33-24)21-14-30-22-10-16(7-9-34(21)22)25(35)31-12-15-4-2-1-3-5-15/h7,9-11,14-15,17,20,29H,1-6,8,12-13H2,(H,31,35)(H,32,33). The van der Waals surface area contributed by atoms with E-state index in [2.05, 4.69) is 25.9 Å². The summed E-state index contributed by atoms with van der Waals surface area (Å²) in [5, 5.41) is 8.82. The largest absolute Gasteiger partial charge is 0.361 e. The number of amides is 1. The van der Waals surface area contributed by atoms with Gasteiger partial charge in [-0.05, 0) is 43.9 Å². The van der Waals surface area contributed by atoms with Gasteiger partial charge < -0.3 is 16.0 Å². The van der Waals surface area contributed by atoms with E-state index in [0.717, 1.165) is 18.9 Å². The first-order valence-electron chi connectivity index (χ1n) is 12.2. The van der Waals surface area contributed by atoms with Gasteiger partial charge in [-0.1, -0.05) is 19.3 Å². The fourth-order valence-electron chi connectivity index (χ4n) is 4.92. The molecule has 186 valence electrons. The van der Waals surface area contributed by atoms with Gasteiger partial charge in [0, 0.05) is 30.9 Å². The van der Waals surface area contributed by atoms with Crippen LogP contribution in [-0.2, 0) is 0 Å². The predicted molar refractivity (Wildman–Crippen MR) is 127 cm³/mol. The minimum absolute atomic E-state index is 0.116. The van der Waals surface area contributed by atoms with Crippen LogP contribution >= 0.6 is 0 Å². The van der Waals surface area contributed by atoms with Gasteiger partial charge in [-0.25, -0.2) is 23.1 Å².